The zero-order valence-electron chi connectivity index (χ0n) is 21.2. The van der Waals surface area contributed by atoms with E-state index in [4.69, 9.17) is 14.2 Å². The lowest BCUT2D eigenvalue weighted by molar-refractivity contribution is 0.290. The molecule has 0 atom stereocenters. The molecule has 0 unspecified atom stereocenters. The summed E-state index contributed by atoms with van der Waals surface area (Å²) in [7, 11) is 0. The van der Waals surface area contributed by atoms with Crippen molar-refractivity contribution >= 4 is 12.2 Å². The maximum absolute atomic E-state index is 6.15. The molecule has 3 nitrogen and oxygen atoms in total. The van der Waals surface area contributed by atoms with Gasteiger partial charge in [0.25, 0.3) is 0 Å². The zero-order valence-corrected chi connectivity index (χ0v) is 21.2. The van der Waals surface area contributed by atoms with Crippen LogP contribution in [0.25, 0.3) is 12.2 Å². The molecular formula is C35H30O3. The third-order valence-corrected chi connectivity index (χ3v) is 6.01. The summed E-state index contributed by atoms with van der Waals surface area (Å²) in [6, 6.07) is 44.6. The first-order valence-corrected chi connectivity index (χ1v) is 12.7. The molecular weight excluding hydrogens is 468 g/mol. The Hall–Kier alpha value is -4.76. The second-order valence-electron chi connectivity index (χ2n) is 8.93. The van der Waals surface area contributed by atoms with Crippen molar-refractivity contribution < 1.29 is 14.2 Å². The lowest BCUT2D eigenvalue weighted by Crippen LogP contribution is -1.98. The van der Waals surface area contributed by atoms with Gasteiger partial charge in [0.15, 0.2) is 0 Å². The SMILES string of the molecule is C(=C\c1ccccc1OCc1ccccc1)/c1cc(OCc2ccccc2)cc(OCc2ccccc2)c1. The molecule has 0 aliphatic rings. The molecule has 0 heterocycles. The molecule has 0 radical (unpaired) electrons. The Bertz CT molecular complexity index is 1380. The largest absolute Gasteiger partial charge is 0.489 e. The van der Waals surface area contributed by atoms with Gasteiger partial charge in [0.2, 0.25) is 0 Å². The summed E-state index contributed by atoms with van der Waals surface area (Å²) in [6.07, 6.45) is 4.13. The number of rotatable bonds is 11. The minimum Gasteiger partial charge on any atom is -0.489 e. The van der Waals surface area contributed by atoms with Gasteiger partial charge in [-0.25, -0.2) is 0 Å². The average Bonchev–Trinajstić information content (AvgIpc) is 2.99. The van der Waals surface area contributed by atoms with Gasteiger partial charge < -0.3 is 14.2 Å². The van der Waals surface area contributed by atoms with Crippen LogP contribution >= 0.6 is 0 Å². The van der Waals surface area contributed by atoms with E-state index in [0.717, 1.165) is 45.1 Å². The molecule has 0 fully saturated rings. The second kappa shape index (κ2) is 13.0. The van der Waals surface area contributed by atoms with Gasteiger partial charge in [-0.3, -0.25) is 0 Å². The summed E-state index contributed by atoms with van der Waals surface area (Å²) in [5.74, 6) is 2.35. The van der Waals surface area contributed by atoms with Crippen molar-refractivity contribution in [2.45, 2.75) is 19.8 Å². The molecule has 0 amide bonds. The van der Waals surface area contributed by atoms with Crippen molar-refractivity contribution in [1.82, 2.24) is 0 Å². The van der Waals surface area contributed by atoms with Crippen molar-refractivity contribution in [2.24, 2.45) is 0 Å². The van der Waals surface area contributed by atoms with Crippen molar-refractivity contribution in [3.8, 4) is 17.2 Å². The highest BCUT2D eigenvalue weighted by Gasteiger charge is 2.05. The highest BCUT2D eigenvalue weighted by molar-refractivity contribution is 5.73. The lowest BCUT2D eigenvalue weighted by atomic mass is 10.1. The van der Waals surface area contributed by atoms with Crippen LogP contribution in [0.3, 0.4) is 0 Å². The monoisotopic (exact) mass is 498 g/mol. The van der Waals surface area contributed by atoms with Crippen LogP contribution in [-0.4, -0.2) is 0 Å². The molecule has 0 N–H and O–H groups in total. The average molecular weight is 499 g/mol. The first kappa shape index (κ1) is 24.9. The number of ether oxygens (including phenoxy) is 3. The molecule has 0 bridgehead atoms. The molecule has 38 heavy (non-hydrogen) atoms. The lowest BCUT2D eigenvalue weighted by Gasteiger charge is -2.12. The van der Waals surface area contributed by atoms with E-state index < -0.39 is 0 Å². The summed E-state index contributed by atoms with van der Waals surface area (Å²) in [5, 5.41) is 0. The highest BCUT2D eigenvalue weighted by atomic mass is 16.5. The minimum absolute atomic E-state index is 0.488. The van der Waals surface area contributed by atoms with Crippen LogP contribution in [0.4, 0.5) is 0 Å². The zero-order chi connectivity index (χ0) is 25.8. The van der Waals surface area contributed by atoms with E-state index in [9.17, 15) is 0 Å². The molecule has 0 aliphatic carbocycles. The molecule has 5 aromatic carbocycles. The van der Waals surface area contributed by atoms with E-state index in [-0.39, 0.29) is 0 Å². The van der Waals surface area contributed by atoms with Crippen molar-refractivity contribution in [2.75, 3.05) is 0 Å². The third-order valence-electron chi connectivity index (χ3n) is 6.01. The quantitative estimate of drug-likeness (QED) is 0.171. The van der Waals surface area contributed by atoms with E-state index in [1.807, 2.05) is 91.0 Å². The summed E-state index contributed by atoms with van der Waals surface area (Å²) >= 11 is 0. The topological polar surface area (TPSA) is 27.7 Å². The molecule has 5 aromatic rings. The number of hydrogen-bond acceptors (Lipinski definition) is 3. The summed E-state index contributed by atoms with van der Waals surface area (Å²) in [5.41, 5.74) is 5.35. The number of benzene rings is 5. The number of hydrogen-bond donors (Lipinski definition) is 0. The van der Waals surface area contributed by atoms with Gasteiger partial charge in [0.05, 0.1) is 0 Å². The molecule has 0 saturated heterocycles. The fourth-order valence-corrected chi connectivity index (χ4v) is 4.01. The van der Waals surface area contributed by atoms with E-state index in [2.05, 4.69) is 54.6 Å². The third kappa shape index (κ3) is 7.37. The minimum atomic E-state index is 0.488. The van der Waals surface area contributed by atoms with Crippen LogP contribution in [0, 0.1) is 0 Å². The van der Waals surface area contributed by atoms with Crippen molar-refractivity contribution in [1.29, 1.82) is 0 Å². The van der Waals surface area contributed by atoms with Gasteiger partial charge in [-0.2, -0.15) is 0 Å². The van der Waals surface area contributed by atoms with Gasteiger partial charge in [0.1, 0.15) is 37.1 Å². The first-order valence-electron chi connectivity index (χ1n) is 12.7. The van der Waals surface area contributed by atoms with Crippen LogP contribution < -0.4 is 14.2 Å². The van der Waals surface area contributed by atoms with Gasteiger partial charge in [0, 0.05) is 11.6 Å². The standard InChI is InChI=1S/C35H30O3/c1-4-12-28(13-5-1)25-36-33-22-31(23-34(24-33)37-26-29-14-6-2-7-15-29)20-21-32-18-10-11-19-35(32)38-27-30-16-8-3-9-17-30/h1-24H,25-27H2/b21-20+. The van der Waals surface area contributed by atoms with Gasteiger partial charge >= 0.3 is 0 Å². The Morgan fingerprint density at radius 2 is 0.868 bits per heavy atom. The molecule has 0 aromatic heterocycles. The number of para-hydroxylation sites is 1. The Labute approximate surface area is 224 Å². The van der Waals surface area contributed by atoms with Crippen LogP contribution in [0.1, 0.15) is 27.8 Å². The Morgan fingerprint density at radius 1 is 0.421 bits per heavy atom. The van der Waals surface area contributed by atoms with Crippen molar-refractivity contribution in [3.63, 3.8) is 0 Å². The van der Waals surface area contributed by atoms with E-state index in [1.165, 1.54) is 0 Å². The van der Waals surface area contributed by atoms with E-state index in [1.54, 1.807) is 0 Å². The van der Waals surface area contributed by atoms with Gasteiger partial charge in [-0.15, -0.1) is 0 Å². The predicted octanol–water partition coefficient (Wildman–Crippen LogP) is 8.59. The maximum atomic E-state index is 6.15. The van der Waals surface area contributed by atoms with E-state index >= 15 is 0 Å². The molecule has 0 spiro atoms. The predicted molar refractivity (Wildman–Crippen MR) is 154 cm³/mol. The summed E-state index contributed by atoms with van der Waals surface area (Å²) in [6.45, 7) is 1.50. The molecule has 188 valence electrons. The van der Waals surface area contributed by atoms with Crippen LogP contribution in [0.15, 0.2) is 133 Å². The fourth-order valence-electron chi connectivity index (χ4n) is 4.01. The second-order valence-corrected chi connectivity index (χ2v) is 8.93. The Morgan fingerprint density at radius 3 is 1.39 bits per heavy atom. The van der Waals surface area contributed by atoms with Gasteiger partial charge in [-0.1, -0.05) is 121 Å². The van der Waals surface area contributed by atoms with Gasteiger partial charge in [-0.05, 0) is 40.5 Å². The normalized spacial score (nSPS) is 10.8. The smallest absolute Gasteiger partial charge is 0.127 e. The maximum Gasteiger partial charge on any atom is 0.127 e. The summed E-state index contributed by atoms with van der Waals surface area (Å²) in [4.78, 5) is 0. The Kier molecular flexibility index (Phi) is 8.51. The molecule has 3 heteroatoms. The van der Waals surface area contributed by atoms with E-state index in [0.29, 0.717) is 19.8 Å². The highest BCUT2D eigenvalue weighted by Crippen LogP contribution is 2.27. The fraction of sp³-hybridized carbons (Fsp3) is 0.0857. The first-order chi connectivity index (χ1) is 18.8. The van der Waals surface area contributed by atoms with Crippen LogP contribution in [-0.2, 0) is 19.8 Å². The molecule has 5 rings (SSSR count). The Balaban J connectivity index is 1.34. The molecule has 0 aliphatic heterocycles. The van der Waals surface area contributed by atoms with Crippen LogP contribution in [0.2, 0.25) is 0 Å². The van der Waals surface area contributed by atoms with Crippen molar-refractivity contribution in [3.05, 3.63) is 161 Å². The van der Waals surface area contributed by atoms with Crippen LogP contribution in [0.5, 0.6) is 17.2 Å². The summed E-state index contributed by atoms with van der Waals surface area (Å²) < 4.78 is 18.4. The molecule has 0 saturated carbocycles.